The number of carbonyl (C=O) groups is 2. The van der Waals surface area contributed by atoms with E-state index in [1.54, 1.807) is 89.3 Å². The molecule has 1 unspecified atom stereocenters. The van der Waals surface area contributed by atoms with E-state index in [0.717, 1.165) is 10.6 Å². The second kappa shape index (κ2) is 13.4. The molecule has 0 aromatic heterocycles. The monoisotopic (exact) mass is 620 g/mol. The molecular weight excluding hydrogens is 581 g/mol. The number of phosphoric ester groups is 1. The van der Waals surface area contributed by atoms with Crippen molar-refractivity contribution >= 4 is 25.2 Å². The first kappa shape index (κ1) is 33.1. The molecule has 0 fully saturated rings. The van der Waals surface area contributed by atoms with Crippen LogP contribution in [0.15, 0.2) is 84.2 Å². The molecule has 232 valence electrons. The van der Waals surface area contributed by atoms with Crippen LogP contribution < -0.4 is 10.1 Å². The van der Waals surface area contributed by atoms with E-state index >= 15 is 0 Å². The minimum absolute atomic E-state index is 0.153. The van der Waals surface area contributed by atoms with Crippen molar-refractivity contribution in [1.29, 1.82) is 5.26 Å². The number of hydrogen-bond acceptors (Lipinski definition) is 8. The Kier molecular flexibility index (Phi) is 10.1. The number of nitrogens with zero attached hydrogens (tertiary/aromatic N) is 2. The summed E-state index contributed by atoms with van der Waals surface area (Å²) in [5.41, 5.74) is 0.655. The fourth-order valence-corrected chi connectivity index (χ4v) is 6.39. The van der Waals surface area contributed by atoms with Gasteiger partial charge in [-0.3, -0.25) is 33.4 Å². The number of imide groups is 1. The number of rotatable bonds is 11. The molecule has 1 aliphatic heterocycles. The van der Waals surface area contributed by atoms with Crippen LogP contribution in [0.2, 0.25) is 0 Å². The Hall–Kier alpha value is -3.84. The fraction of sp³-hybridized carbons (Fsp3) is 0.364. The predicted molar refractivity (Wildman–Crippen MR) is 165 cm³/mol. The molecular formula is C33H39N3O7P+. The van der Waals surface area contributed by atoms with Gasteiger partial charge in [0.05, 0.1) is 29.9 Å². The number of nitrogens with two attached hydrogens (primary N) is 1. The molecule has 10 nitrogen and oxygen atoms in total. The zero-order chi connectivity index (χ0) is 32.1. The maximum absolute atomic E-state index is 13.7. The second-order valence-electron chi connectivity index (χ2n) is 12.3. The van der Waals surface area contributed by atoms with E-state index in [0.29, 0.717) is 23.3 Å². The highest BCUT2D eigenvalue weighted by Crippen LogP contribution is 2.55. The fourth-order valence-electron chi connectivity index (χ4n) is 4.60. The Labute approximate surface area is 258 Å². The van der Waals surface area contributed by atoms with Gasteiger partial charge in [0, 0.05) is 6.42 Å². The van der Waals surface area contributed by atoms with Crippen LogP contribution in [0.3, 0.4) is 0 Å². The van der Waals surface area contributed by atoms with Crippen LogP contribution in [-0.4, -0.2) is 47.2 Å². The molecule has 1 heterocycles. The number of carbonyl (C=O) groups excluding carboxylic acids is 2. The summed E-state index contributed by atoms with van der Waals surface area (Å²) < 4.78 is 36.4. The van der Waals surface area contributed by atoms with Crippen LogP contribution in [0, 0.1) is 11.3 Å². The van der Waals surface area contributed by atoms with E-state index in [1.807, 2.05) is 30.4 Å². The van der Waals surface area contributed by atoms with Gasteiger partial charge in [-0.15, -0.1) is 0 Å². The van der Waals surface area contributed by atoms with Crippen LogP contribution in [0.4, 0.5) is 0 Å². The zero-order valence-electron chi connectivity index (χ0n) is 25.9. The predicted octanol–water partition coefficient (Wildman–Crippen LogP) is 5.25. The molecule has 2 N–H and O–H groups in total. The average Bonchev–Trinajstić information content (AvgIpc) is 3.16. The first-order valence-corrected chi connectivity index (χ1v) is 15.8. The number of quaternary nitrogens is 1. The molecule has 1 aliphatic carbocycles. The van der Waals surface area contributed by atoms with Crippen molar-refractivity contribution in [2.24, 2.45) is 0 Å². The average molecular weight is 621 g/mol. The third kappa shape index (κ3) is 8.63. The summed E-state index contributed by atoms with van der Waals surface area (Å²) in [5, 5.41) is 11.0. The number of hydrogen-bond donors (Lipinski definition) is 1. The number of amides is 2. The minimum Gasteiger partial charge on any atom is -0.485 e. The Balaban J connectivity index is 1.49. The van der Waals surface area contributed by atoms with Gasteiger partial charge in [-0.25, -0.2) is 4.57 Å². The lowest BCUT2D eigenvalue weighted by Crippen LogP contribution is -2.81. The van der Waals surface area contributed by atoms with Crippen molar-refractivity contribution in [3.8, 4) is 11.8 Å². The smallest absolute Gasteiger partial charge is 0.475 e. The summed E-state index contributed by atoms with van der Waals surface area (Å²) >= 11 is 0. The van der Waals surface area contributed by atoms with E-state index in [9.17, 15) is 19.4 Å². The standard InChI is InChI=1S/C33H38N3O7P/c1-32(2,3)42-44(39,43-33(4,5)6)40-21-20-36-30(37)28(23-12-8-7-9-13-23)29(31(36)38)35-25-16-18-26(19-17-25)41-27-15-11-10-14-24(27)22-34/h7-18,26,35H,19-21H2,1-6H3/p+1. The normalized spacial score (nSPS) is 17.6. The maximum atomic E-state index is 13.7. The Morgan fingerprint density at radius 2 is 1.59 bits per heavy atom. The topological polar surface area (TPSA) is 132 Å². The number of allylic oxidation sites excluding steroid dienone is 1. The van der Waals surface area contributed by atoms with Crippen molar-refractivity contribution in [2.45, 2.75) is 65.3 Å². The van der Waals surface area contributed by atoms with E-state index in [1.165, 1.54) is 0 Å². The van der Waals surface area contributed by atoms with Gasteiger partial charge in [-0.1, -0.05) is 42.5 Å². The van der Waals surface area contributed by atoms with Gasteiger partial charge in [0.1, 0.15) is 29.2 Å². The van der Waals surface area contributed by atoms with Gasteiger partial charge in [0.2, 0.25) is 5.70 Å². The third-order valence-electron chi connectivity index (χ3n) is 6.29. The largest absolute Gasteiger partial charge is 0.485 e. The summed E-state index contributed by atoms with van der Waals surface area (Å²) in [6.07, 6.45) is 5.82. The molecule has 2 aromatic rings. The van der Waals surface area contributed by atoms with Crippen molar-refractivity contribution < 1.29 is 37.8 Å². The molecule has 0 bridgehead atoms. The Morgan fingerprint density at radius 1 is 0.955 bits per heavy atom. The molecule has 11 heteroatoms. The minimum atomic E-state index is -4.03. The summed E-state index contributed by atoms with van der Waals surface area (Å²) in [6.45, 7) is 9.98. The molecule has 0 saturated carbocycles. The van der Waals surface area contributed by atoms with Crippen molar-refractivity contribution in [3.63, 3.8) is 0 Å². The van der Waals surface area contributed by atoms with Crippen molar-refractivity contribution in [1.82, 2.24) is 4.90 Å². The van der Waals surface area contributed by atoms with Gasteiger partial charge in [-0.05, 0) is 77.5 Å². The van der Waals surface area contributed by atoms with Crippen LogP contribution >= 0.6 is 7.82 Å². The Morgan fingerprint density at radius 3 is 2.18 bits per heavy atom. The van der Waals surface area contributed by atoms with E-state index in [4.69, 9.17) is 18.3 Å². The third-order valence-corrected chi connectivity index (χ3v) is 8.33. The molecule has 0 radical (unpaired) electrons. The molecule has 2 aromatic carbocycles. The number of ether oxygens (including phenoxy) is 1. The molecule has 4 rings (SSSR count). The summed E-state index contributed by atoms with van der Waals surface area (Å²) in [5.74, 6) is -0.468. The lowest BCUT2D eigenvalue weighted by Gasteiger charge is -2.31. The lowest BCUT2D eigenvalue weighted by molar-refractivity contribution is -0.543. The Bertz CT molecular complexity index is 1560. The molecule has 44 heavy (non-hydrogen) atoms. The highest BCUT2D eigenvalue weighted by Gasteiger charge is 2.43. The van der Waals surface area contributed by atoms with E-state index < -0.39 is 30.8 Å². The molecule has 2 aliphatic rings. The highest BCUT2D eigenvalue weighted by atomic mass is 31.2. The molecule has 0 spiro atoms. The van der Waals surface area contributed by atoms with E-state index in [2.05, 4.69) is 6.07 Å². The number of para-hydroxylation sites is 1. The summed E-state index contributed by atoms with van der Waals surface area (Å²) in [6, 6.07) is 18.1. The van der Waals surface area contributed by atoms with Gasteiger partial charge >= 0.3 is 13.7 Å². The first-order valence-electron chi connectivity index (χ1n) is 14.4. The second-order valence-corrected chi connectivity index (χ2v) is 13.8. The van der Waals surface area contributed by atoms with Gasteiger partial charge < -0.3 is 4.74 Å². The van der Waals surface area contributed by atoms with Crippen LogP contribution in [-0.2, 0) is 27.7 Å². The number of phosphoric acid groups is 1. The van der Waals surface area contributed by atoms with E-state index in [-0.39, 0.29) is 30.5 Å². The van der Waals surface area contributed by atoms with Crippen LogP contribution in [0.25, 0.3) is 5.57 Å². The summed E-state index contributed by atoms with van der Waals surface area (Å²) in [4.78, 5) is 28.4. The molecule has 1 atom stereocenters. The lowest BCUT2D eigenvalue weighted by atomic mass is 10.0. The first-order chi connectivity index (χ1) is 20.7. The SMILES string of the molecule is CC(C)(C)OP(=O)(OCCN1C(=O)C([NH2+]C2=CCC(Oc3ccccc3C#N)C=C2)=C(c2ccccc2)C1=O)OC(C)(C)C. The van der Waals surface area contributed by atoms with Crippen molar-refractivity contribution in [3.05, 3.63) is 95.3 Å². The zero-order valence-corrected chi connectivity index (χ0v) is 26.8. The number of nitriles is 1. The van der Waals surface area contributed by atoms with Gasteiger partial charge in [0.15, 0.2) is 0 Å². The number of benzene rings is 2. The quantitative estimate of drug-likeness (QED) is 0.266. The van der Waals surface area contributed by atoms with Gasteiger partial charge in [0.25, 0.3) is 5.91 Å². The van der Waals surface area contributed by atoms with Crippen LogP contribution in [0.5, 0.6) is 5.75 Å². The molecule has 0 saturated heterocycles. The summed E-state index contributed by atoms with van der Waals surface area (Å²) in [7, 11) is -4.03. The molecule has 2 amide bonds. The highest BCUT2D eigenvalue weighted by molar-refractivity contribution is 7.48. The van der Waals surface area contributed by atoms with Crippen molar-refractivity contribution in [2.75, 3.05) is 13.2 Å². The van der Waals surface area contributed by atoms with Gasteiger partial charge in [-0.2, -0.15) is 5.26 Å². The maximum Gasteiger partial charge on any atom is 0.475 e. The van der Waals surface area contributed by atoms with Crippen LogP contribution in [0.1, 0.15) is 59.1 Å².